The quantitative estimate of drug-likeness (QED) is 0.908. The molecule has 1 aromatic rings. The molecule has 5 heteroatoms. The van der Waals surface area contributed by atoms with Crippen LogP contribution in [0.15, 0.2) is 18.2 Å². The number of fused-ring (bicyclic) bond motifs is 1. The molecule has 1 aromatic carbocycles. The summed E-state index contributed by atoms with van der Waals surface area (Å²) < 4.78 is 37.8. The summed E-state index contributed by atoms with van der Waals surface area (Å²) in [6.07, 6.45) is -2.51. The van der Waals surface area contributed by atoms with Gasteiger partial charge in [-0.3, -0.25) is 0 Å². The number of anilines is 1. The predicted molar refractivity (Wildman–Crippen MR) is 75.1 cm³/mol. The van der Waals surface area contributed by atoms with Gasteiger partial charge in [0, 0.05) is 18.3 Å². The maximum absolute atomic E-state index is 12.6. The van der Waals surface area contributed by atoms with E-state index in [0.29, 0.717) is 6.54 Å². The number of nitrogens with zero attached hydrogens (tertiary/aromatic N) is 1. The molecule has 0 amide bonds. The number of alkyl halides is 3. The minimum absolute atomic E-state index is 0.225. The number of nitrogens with one attached hydrogen (secondary N) is 1. The molecule has 0 aromatic heterocycles. The van der Waals surface area contributed by atoms with E-state index in [0.717, 1.165) is 36.2 Å². The molecule has 1 unspecified atom stereocenters. The standard InChI is InChI=1S/C15H21F3N2/c1-3-19-11(2)12-6-7-14-13(9-12)5-4-8-20(14)10-15(16,17)18/h6-7,9,11,19H,3-5,8,10H2,1-2H3. The molecule has 1 aliphatic heterocycles. The van der Waals surface area contributed by atoms with Gasteiger partial charge in [-0.1, -0.05) is 19.1 Å². The highest BCUT2D eigenvalue weighted by Gasteiger charge is 2.32. The topological polar surface area (TPSA) is 15.3 Å². The van der Waals surface area contributed by atoms with E-state index >= 15 is 0 Å². The molecule has 0 saturated heterocycles. The summed E-state index contributed by atoms with van der Waals surface area (Å²) in [5, 5.41) is 3.32. The van der Waals surface area contributed by atoms with Crippen molar-refractivity contribution in [2.45, 2.75) is 38.9 Å². The van der Waals surface area contributed by atoms with Gasteiger partial charge in [0.15, 0.2) is 0 Å². The Hall–Kier alpha value is -1.23. The first-order valence-corrected chi connectivity index (χ1v) is 7.08. The molecule has 2 rings (SSSR count). The van der Waals surface area contributed by atoms with Gasteiger partial charge in [-0.2, -0.15) is 13.2 Å². The molecule has 2 nitrogen and oxygen atoms in total. The summed E-state index contributed by atoms with van der Waals surface area (Å²) in [7, 11) is 0. The van der Waals surface area contributed by atoms with E-state index < -0.39 is 12.7 Å². The zero-order valence-electron chi connectivity index (χ0n) is 11.9. The van der Waals surface area contributed by atoms with Crippen molar-refractivity contribution in [3.63, 3.8) is 0 Å². The van der Waals surface area contributed by atoms with Gasteiger partial charge in [0.1, 0.15) is 6.54 Å². The molecule has 0 radical (unpaired) electrons. The Morgan fingerprint density at radius 3 is 2.75 bits per heavy atom. The number of hydrogen-bond donors (Lipinski definition) is 1. The fourth-order valence-electron chi connectivity index (χ4n) is 2.77. The van der Waals surface area contributed by atoms with Crippen LogP contribution in [0.3, 0.4) is 0 Å². The van der Waals surface area contributed by atoms with Crippen molar-refractivity contribution in [2.24, 2.45) is 0 Å². The third kappa shape index (κ3) is 3.66. The number of halogens is 3. The molecule has 112 valence electrons. The summed E-state index contributed by atoms with van der Waals surface area (Å²) in [5.74, 6) is 0. The number of hydrogen-bond acceptors (Lipinski definition) is 2. The lowest BCUT2D eigenvalue weighted by Crippen LogP contribution is -2.37. The summed E-state index contributed by atoms with van der Waals surface area (Å²) in [4.78, 5) is 1.44. The normalized spacial score (nSPS) is 16.9. The van der Waals surface area contributed by atoms with Crippen molar-refractivity contribution in [3.8, 4) is 0 Å². The average molecular weight is 286 g/mol. The SMILES string of the molecule is CCNC(C)c1ccc2c(c1)CCCN2CC(F)(F)F. The second-order valence-corrected chi connectivity index (χ2v) is 5.31. The van der Waals surface area contributed by atoms with Gasteiger partial charge in [-0.25, -0.2) is 0 Å². The van der Waals surface area contributed by atoms with Crippen LogP contribution in [0, 0.1) is 0 Å². The van der Waals surface area contributed by atoms with Crippen molar-refractivity contribution in [1.82, 2.24) is 5.32 Å². The van der Waals surface area contributed by atoms with Crippen molar-refractivity contribution in [1.29, 1.82) is 0 Å². The minimum atomic E-state index is -4.15. The zero-order chi connectivity index (χ0) is 14.8. The Bertz CT molecular complexity index is 457. The van der Waals surface area contributed by atoms with Crippen LogP contribution < -0.4 is 10.2 Å². The first-order chi connectivity index (χ1) is 9.40. The Morgan fingerprint density at radius 1 is 1.35 bits per heavy atom. The molecule has 1 N–H and O–H groups in total. The Morgan fingerprint density at radius 2 is 2.10 bits per heavy atom. The van der Waals surface area contributed by atoms with Gasteiger partial charge < -0.3 is 10.2 Å². The monoisotopic (exact) mass is 286 g/mol. The Labute approximate surface area is 118 Å². The fraction of sp³-hybridized carbons (Fsp3) is 0.600. The average Bonchev–Trinajstić information content (AvgIpc) is 2.37. The Balaban J connectivity index is 2.21. The van der Waals surface area contributed by atoms with E-state index in [-0.39, 0.29) is 6.04 Å². The summed E-state index contributed by atoms with van der Waals surface area (Å²) in [6, 6.07) is 6.04. The summed E-state index contributed by atoms with van der Waals surface area (Å²) in [5.41, 5.74) is 2.91. The smallest absolute Gasteiger partial charge is 0.362 e. The van der Waals surface area contributed by atoms with Crippen LogP contribution in [0.2, 0.25) is 0 Å². The Kier molecular flexibility index (Phi) is 4.58. The van der Waals surface area contributed by atoms with Crippen LogP contribution in [0.1, 0.15) is 37.4 Å². The van der Waals surface area contributed by atoms with Crippen molar-refractivity contribution >= 4 is 5.69 Å². The van der Waals surface area contributed by atoms with E-state index in [4.69, 9.17) is 0 Å². The van der Waals surface area contributed by atoms with Crippen LogP contribution in [-0.2, 0) is 6.42 Å². The van der Waals surface area contributed by atoms with Crippen molar-refractivity contribution < 1.29 is 13.2 Å². The highest BCUT2D eigenvalue weighted by Crippen LogP contribution is 2.32. The van der Waals surface area contributed by atoms with Crippen molar-refractivity contribution in [3.05, 3.63) is 29.3 Å². The largest absolute Gasteiger partial charge is 0.405 e. The highest BCUT2D eigenvalue weighted by molar-refractivity contribution is 5.57. The lowest BCUT2D eigenvalue weighted by atomic mass is 9.97. The minimum Gasteiger partial charge on any atom is -0.362 e. The zero-order valence-corrected chi connectivity index (χ0v) is 11.9. The third-order valence-electron chi connectivity index (χ3n) is 3.70. The molecule has 20 heavy (non-hydrogen) atoms. The van der Waals surface area contributed by atoms with E-state index in [1.807, 2.05) is 25.1 Å². The van der Waals surface area contributed by atoms with Crippen LogP contribution in [-0.4, -0.2) is 25.8 Å². The van der Waals surface area contributed by atoms with Crippen LogP contribution in [0.25, 0.3) is 0 Å². The van der Waals surface area contributed by atoms with Gasteiger partial charge in [-0.15, -0.1) is 0 Å². The lowest BCUT2D eigenvalue weighted by Gasteiger charge is -2.32. The van der Waals surface area contributed by atoms with Gasteiger partial charge in [0.2, 0.25) is 0 Å². The summed E-state index contributed by atoms with van der Waals surface area (Å²) >= 11 is 0. The number of aryl methyl sites for hydroxylation is 1. The first kappa shape index (κ1) is 15.2. The molecular weight excluding hydrogens is 265 g/mol. The van der Waals surface area contributed by atoms with E-state index in [9.17, 15) is 13.2 Å². The molecular formula is C15H21F3N2. The van der Waals surface area contributed by atoms with Gasteiger partial charge in [0.05, 0.1) is 0 Å². The summed E-state index contributed by atoms with van der Waals surface area (Å²) in [6.45, 7) is 4.61. The molecule has 0 spiro atoms. The maximum Gasteiger partial charge on any atom is 0.405 e. The van der Waals surface area contributed by atoms with Gasteiger partial charge >= 0.3 is 6.18 Å². The molecule has 0 aliphatic carbocycles. The second-order valence-electron chi connectivity index (χ2n) is 5.31. The maximum atomic E-state index is 12.6. The molecule has 0 fully saturated rings. The van der Waals surface area contributed by atoms with Gasteiger partial charge in [0.25, 0.3) is 0 Å². The van der Waals surface area contributed by atoms with Gasteiger partial charge in [-0.05, 0) is 43.5 Å². The van der Waals surface area contributed by atoms with Crippen LogP contribution in [0.5, 0.6) is 0 Å². The van der Waals surface area contributed by atoms with Crippen LogP contribution >= 0.6 is 0 Å². The number of benzene rings is 1. The lowest BCUT2D eigenvalue weighted by molar-refractivity contribution is -0.119. The highest BCUT2D eigenvalue weighted by atomic mass is 19.4. The molecule has 0 saturated carbocycles. The van der Waals surface area contributed by atoms with E-state index in [1.54, 1.807) is 0 Å². The molecule has 1 aliphatic rings. The molecule has 0 bridgehead atoms. The molecule has 1 atom stereocenters. The number of rotatable bonds is 4. The fourth-order valence-corrected chi connectivity index (χ4v) is 2.77. The second kappa shape index (κ2) is 6.04. The first-order valence-electron chi connectivity index (χ1n) is 7.08. The van der Waals surface area contributed by atoms with Crippen molar-refractivity contribution in [2.75, 3.05) is 24.5 Å². The predicted octanol–water partition coefficient (Wildman–Crippen LogP) is 3.67. The molecule has 1 heterocycles. The van der Waals surface area contributed by atoms with E-state index in [2.05, 4.69) is 12.2 Å². The third-order valence-corrected chi connectivity index (χ3v) is 3.70. The van der Waals surface area contributed by atoms with E-state index in [1.165, 1.54) is 4.90 Å². The van der Waals surface area contributed by atoms with Crippen LogP contribution in [0.4, 0.5) is 18.9 Å².